The van der Waals surface area contributed by atoms with Crippen LogP contribution in [0.1, 0.15) is 48.7 Å². The Hall–Kier alpha value is -2.96. The molecular formula is C25H30N4O2. The summed E-state index contributed by atoms with van der Waals surface area (Å²) in [7, 11) is 0. The number of carbonyl (C=O) groups is 1. The third kappa shape index (κ3) is 4.70. The first-order valence-electron chi connectivity index (χ1n) is 10.8. The van der Waals surface area contributed by atoms with Gasteiger partial charge in [-0.25, -0.2) is 10.5 Å². The number of amides is 1. The van der Waals surface area contributed by atoms with Crippen molar-refractivity contribution in [2.75, 3.05) is 13.1 Å². The number of rotatable bonds is 5. The van der Waals surface area contributed by atoms with E-state index < -0.39 is 5.91 Å². The van der Waals surface area contributed by atoms with Gasteiger partial charge in [-0.3, -0.25) is 14.9 Å². The number of fused-ring (bicyclic) bond motifs is 2. The summed E-state index contributed by atoms with van der Waals surface area (Å²) in [6.07, 6.45) is 6.90. The van der Waals surface area contributed by atoms with E-state index in [4.69, 9.17) is 5.21 Å². The van der Waals surface area contributed by atoms with E-state index in [1.54, 1.807) is 11.6 Å². The van der Waals surface area contributed by atoms with Crippen LogP contribution < -0.4 is 5.48 Å². The van der Waals surface area contributed by atoms with Gasteiger partial charge in [0.25, 0.3) is 5.91 Å². The predicted molar refractivity (Wildman–Crippen MR) is 123 cm³/mol. The number of pyridine rings is 1. The van der Waals surface area contributed by atoms with Gasteiger partial charge < -0.3 is 4.98 Å². The minimum absolute atomic E-state index is 0.0344. The van der Waals surface area contributed by atoms with Gasteiger partial charge in [0.1, 0.15) is 5.65 Å². The van der Waals surface area contributed by atoms with Crippen molar-refractivity contribution < 1.29 is 10.0 Å². The lowest BCUT2D eigenvalue weighted by Gasteiger charge is -2.29. The molecule has 162 valence electrons. The molecule has 1 amide bonds. The second-order valence-corrected chi connectivity index (χ2v) is 9.24. The highest BCUT2D eigenvalue weighted by Gasteiger charge is 2.24. The zero-order valence-corrected chi connectivity index (χ0v) is 18.4. The van der Waals surface area contributed by atoms with Gasteiger partial charge in [0.15, 0.2) is 0 Å². The molecule has 6 nitrogen and oxygen atoms in total. The average Bonchev–Trinajstić information content (AvgIpc) is 3.15. The molecule has 3 heterocycles. The first-order valence-corrected chi connectivity index (χ1v) is 10.8. The number of aromatic amines is 1. The van der Waals surface area contributed by atoms with Gasteiger partial charge in [-0.2, -0.15) is 0 Å². The highest BCUT2D eigenvalue weighted by Crippen LogP contribution is 2.31. The van der Waals surface area contributed by atoms with Crippen molar-refractivity contribution in [2.24, 2.45) is 0 Å². The van der Waals surface area contributed by atoms with E-state index in [1.807, 2.05) is 18.3 Å². The molecule has 0 aliphatic carbocycles. The van der Waals surface area contributed by atoms with Crippen molar-refractivity contribution >= 4 is 23.0 Å². The molecule has 0 saturated carbocycles. The quantitative estimate of drug-likeness (QED) is 0.333. The number of hydroxylamine groups is 1. The number of hydrogen-bond acceptors (Lipinski definition) is 4. The Labute approximate surface area is 183 Å². The van der Waals surface area contributed by atoms with Crippen LogP contribution in [0.25, 0.3) is 17.1 Å². The SMILES string of the molecule is CC(C)(C)c1[nH]c2ncccc2c1CCN1CCc2ccc(C=CC(=O)NO)cc2C1. The highest BCUT2D eigenvalue weighted by atomic mass is 16.5. The van der Waals surface area contributed by atoms with Gasteiger partial charge >= 0.3 is 0 Å². The smallest absolute Gasteiger partial charge is 0.267 e. The Balaban J connectivity index is 1.51. The molecule has 2 aromatic heterocycles. The second kappa shape index (κ2) is 8.65. The van der Waals surface area contributed by atoms with Gasteiger partial charge in [0.05, 0.1) is 0 Å². The Morgan fingerprint density at radius 2 is 2.13 bits per heavy atom. The molecule has 0 unspecified atom stereocenters. The number of benzene rings is 1. The van der Waals surface area contributed by atoms with Crippen LogP contribution in [-0.4, -0.2) is 39.1 Å². The minimum Gasteiger partial charge on any atom is -0.343 e. The fraction of sp³-hybridized carbons (Fsp3) is 0.360. The van der Waals surface area contributed by atoms with Crippen LogP contribution in [-0.2, 0) is 29.6 Å². The summed E-state index contributed by atoms with van der Waals surface area (Å²) in [5.74, 6) is -0.526. The van der Waals surface area contributed by atoms with E-state index >= 15 is 0 Å². The topological polar surface area (TPSA) is 81.2 Å². The average molecular weight is 419 g/mol. The molecule has 6 heteroatoms. The Kier molecular flexibility index (Phi) is 5.94. The lowest BCUT2D eigenvalue weighted by Crippen LogP contribution is -2.32. The Morgan fingerprint density at radius 1 is 1.29 bits per heavy atom. The molecular weight excluding hydrogens is 388 g/mol. The summed E-state index contributed by atoms with van der Waals surface area (Å²) in [5.41, 5.74) is 8.89. The largest absolute Gasteiger partial charge is 0.343 e. The van der Waals surface area contributed by atoms with Crippen LogP contribution in [0.4, 0.5) is 0 Å². The van der Waals surface area contributed by atoms with Crippen LogP contribution in [0.5, 0.6) is 0 Å². The van der Waals surface area contributed by atoms with Crippen molar-refractivity contribution in [2.45, 2.75) is 45.6 Å². The summed E-state index contributed by atoms with van der Waals surface area (Å²) in [6.45, 7) is 9.64. The van der Waals surface area contributed by atoms with E-state index in [9.17, 15) is 4.79 Å². The van der Waals surface area contributed by atoms with E-state index in [1.165, 1.54) is 33.8 Å². The van der Waals surface area contributed by atoms with Gasteiger partial charge in [0, 0.05) is 48.4 Å². The van der Waals surface area contributed by atoms with Gasteiger partial charge in [0.2, 0.25) is 0 Å². The van der Waals surface area contributed by atoms with Crippen molar-refractivity contribution in [3.05, 3.63) is 70.6 Å². The summed E-state index contributed by atoms with van der Waals surface area (Å²) >= 11 is 0. The van der Waals surface area contributed by atoms with E-state index in [2.05, 4.69) is 53.8 Å². The van der Waals surface area contributed by atoms with Crippen LogP contribution in [0, 0.1) is 0 Å². The molecule has 3 aromatic rings. The zero-order chi connectivity index (χ0) is 22.0. The molecule has 31 heavy (non-hydrogen) atoms. The predicted octanol–water partition coefficient (Wildman–Crippen LogP) is 3.98. The monoisotopic (exact) mass is 418 g/mol. The lowest BCUT2D eigenvalue weighted by atomic mass is 9.88. The van der Waals surface area contributed by atoms with Crippen LogP contribution in [0.15, 0.2) is 42.6 Å². The molecule has 0 fully saturated rings. The lowest BCUT2D eigenvalue weighted by molar-refractivity contribution is -0.124. The molecule has 3 N–H and O–H groups in total. The standard InChI is InChI=1S/C25H30N4O2/c1-25(2,3)23-20(21-5-4-12-26-24(21)27-23)11-14-29-13-10-18-8-6-17(15-19(18)16-29)7-9-22(30)28-31/h4-9,12,15,31H,10-11,13-14,16H2,1-3H3,(H,26,27)(H,28,30). The van der Waals surface area contributed by atoms with E-state index in [-0.39, 0.29) is 5.41 Å². The fourth-order valence-electron chi connectivity index (χ4n) is 4.39. The number of H-pyrrole nitrogens is 1. The maximum atomic E-state index is 11.3. The molecule has 4 rings (SSSR count). The molecule has 0 radical (unpaired) electrons. The normalized spacial score (nSPS) is 14.8. The second-order valence-electron chi connectivity index (χ2n) is 9.24. The van der Waals surface area contributed by atoms with Crippen molar-refractivity contribution in [1.29, 1.82) is 0 Å². The third-order valence-corrected chi connectivity index (χ3v) is 5.97. The Morgan fingerprint density at radius 3 is 2.90 bits per heavy atom. The number of nitrogens with zero attached hydrogens (tertiary/aromatic N) is 2. The minimum atomic E-state index is -0.526. The van der Waals surface area contributed by atoms with E-state index in [0.29, 0.717) is 0 Å². The van der Waals surface area contributed by atoms with E-state index in [0.717, 1.165) is 43.7 Å². The number of carbonyl (C=O) groups excluding carboxylic acids is 1. The molecule has 1 aliphatic rings. The Bertz CT molecular complexity index is 1120. The number of aromatic nitrogens is 2. The summed E-state index contributed by atoms with van der Waals surface area (Å²) in [4.78, 5) is 21.8. The summed E-state index contributed by atoms with van der Waals surface area (Å²) in [6, 6.07) is 10.5. The number of hydrogen-bond donors (Lipinski definition) is 3. The molecule has 0 atom stereocenters. The first kappa shape index (κ1) is 21.3. The molecule has 0 spiro atoms. The summed E-state index contributed by atoms with van der Waals surface area (Å²) in [5, 5.41) is 9.87. The van der Waals surface area contributed by atoms with Crippen molar-refractivity contribution in [3.63, 3.8) is 0 Å². The number of nitrogens with one attached hydrogen (secondary N) is 2. The molecule has 1 aliphatic heterocycles. The van der Waals surface area contributed by atoms with Crippen molar-refractivity contribution in [1.82, 2.24) is 20.3 Å². The third-order valence-electron chi connectivity index (χ3n) is 5.97. The van der Waals surface area contributed by atoms with Gasteiger partial charge in [-0.15, -0.1) is 0 Å². The molecule has 0 bridgehead atoms. The van der Waals surface area contributed by atoms with Crippen LogP contribution >= 0.6 is 0 Å². The molecule has 1 aromatic carbocycles. The molecule has 0 saturated heterocycles. The van der Waals surface area contributed by atoms with Gasteiger partial charge in [-0.05, 0) is 53.3 Å². The van der Waals surface area contributed by atoms with Crippen LogP contribution in [0.2, 0.25) is 0 Å². The van der Waals surface area contributed by atoms with Gasteiger partial charge in [-0.1, -0.05) is 39.0 Å². The van der Waals surface area contributed by atoms with Crippen molar-refractivity contribution in [3.8, 4) is 0 Å². The van der Waals surface area contributed by atoms with Crippen LogP contribution in [0.3, 0.4) is 0 Å². The zero-order valence-electron chi connectivity index (χ0n) is 18.4. The fourth-order valence-corrected chi connectivity index (χ4v) is 4.39. The maximum Gasteiger partial charge on any atom is 0.267 e. The summed E-state index contributed by atoms with van der Waals surface area (Å²) < 4.78 is 0. The highest BCUT2D eigenvalue weighted by molar-refractivity contribution is 5.90. The maximum absolute atomic E-state index is 11.3. The first-order chi connectivity index (χ1) is 14.8.